The van der Waals surface area contributed by atoms with Crippen molar-refractivity contribution in [2.75, 3.05) is 5.32 Å². The topological polar surface area (TPSA) is 68.3 Å². The van der Waals surface area contributed by atoms with Crippen molar-refractivity contribution in [3.05, 3.63) is 58.6 Å². The van der Waals surface area contributed by atoms with Crippen molar-refractivity contribution in [2.24, 2.45) is 0 Å². The van der Waals surface area contributed by atoms with Crippen LogP contribution in [0.5, 0.6) is 0 Å². The predicted molar refractivity (Wildman–Crippen MR) is 94.6 cm³/mol. The van der Waals surface area contributed by atoms with Gasteiger partial charge in [-0.1, -0.05) is 17.7 Å². The molecule has 1 heterocycles. The Morgan fingerprint density at radius 1 is 1.25 bits per heavy atom. The summed E-state index contributed by atoms with van der Waals surface area (Å²) in [5.74, 6) is -0.983. The molecule has 3 rings (SSSR count). The molecule has 1 atom stereocenters. The first-order valence-corrected chi connectivity index (χ1v) is 8.39. The number of anilines is 1. The van der Waals surface area contributed by atoms with Crippen LogP contribution in [-0.4, -0.2) is 23.0 Å². The maximum atomic E-state index is 12.2. The van der Waals surface area contributed by atoms with E-state index in [2.05, 4.69) is 10.3 Å². The molecule has 122 valence electrons. The SMILES string of the molecule is C[C@@H](OC(=O)c1ccc2ncsc2c1)C(=O)Nc1cccc(Cl)c1. The first kappa shape index (κ1) is 16.4. The summed E-state index contributed by atoms with van der Waals surface area (Å²) in [6, 6.07) is 11.8. The molecular formula is C17H13ClN2O3S. The third-order valence-corrected chi connectivity index (χ3v) is 4.34. The van der Waals surface area contributed by atoms with Gasteiger partial charge in [0.1, 0.15) is 0 Å². The fourth-order valence-corrected chi connectivity index (χ4v) is 2.98. The maximum Gasteiger partial charge on any atom is 0.338 e. The Kier molecular flexibility index (Phi) is 4.78. The molecule has 1 aromatic heterocycles. The van der Waals surface area contributed by atoms with E-state index in [-0.39, 0.29) is 0 Å². The van der Waals surface area contributed by atoms with E-state index in [1.165, 1.54) is 18.3 Å². The maximum absolute atomic E-state index is 12.2. The normalized spacial score (nSPS) is 11.9. The van der Waals surface area contributed by atoms with E-state index in [0.717, 1.165) is 10.2 Å². The average molecular weight is 361 g/mol. The van der Waals surface area contributed by atoms with Gasteiger partial charge in [0.05, 0.1) is 21.3 Å². The number of hydrogen-bond donors (Lipinski definition) is 1. The average Bonchev–Trinajstić information content (AvgIpc) is 3.02. The minimum atomic E-state index is -0.936. The number of carbonyl (C=O) groups excluding carboxylic acids is 2. The number of nitrogens with zero attached hydrogens (tertiary/aromatic N) is 1. The van der Waals surface area contributed by atoms with Gasteiger partial charge in [0.15, 0.2) is 6.10 Å². The molecule has 0 saturated carbocycles. The van der Waals surface area contributed by atoms with Crippen molar-refractivity contribution in [1.29, 1.82) is 0 Å². The Morgan fingerprint density at radius 3 is 2.88 bits per heavy atom. The second kappa shape index (κ2) is 6.98. The van der Waals surface area contributed by atoms with Gasteiger partial charge in [-0.15, -0.1) is 11.3 Å². The van der Waals surface area contributed by atoms with Crippen molar-refractivity contribution < 1.29 is 14.3 Å². The second-order valence-electron chi connectivity index (χ2n) is 5.08. The monoisotopic (exact) mass is 360 g/mol. The Labute approximate surface area is 147 Å². The molecule has 2 aromatic carbocycles. The molecule has 0 unspecified atom stereocenters. The molecule has 0 bridgehead atoms. The number of thiazole rings is 1. The van der Waals surface area contributed by atoms with Crippen LogP contribution in [0, 0.1) is 0 Å². The van der Waals surface area contributed by atoms with E-state index in [9.17, 15) is 9.59 Å². The predicted octanol–water partition coefficient (Wildman–Crippen LogP) is 4.13. The first-order valence-electron chi connectivity index (χ1n) is 7.13. The molecule has 24 heavy (non-hydrogen) atoms. The number of benzene rings is 2. The van der Waals surface area contributed by atoms with Crippen LogP contribution in [0.15, 0.2) is 48.0 Å². The molecule has 0 aliphatic heterocycles. The Balaban J connectivity index is 1.65. The molecule has 0 saturated heterocycles. The molecular weight excluding hydrogens is 348 g/mol. The highest BCUT2D eigenvalue weighted by atomic mass is 35.5. The number of fused-ring (bicyclic) bond motifs is 1. The Hall–Kier alpha value is -2.44. The van der Waals surface area contributed by atoms with E-state index in [4.69, 9.17) is 16.3 Å². The summed E-state index contributed by atoms with van der Waals surface area (Å²) in [4.78, 5) is 28.5. The number of ether oxygens (including phenoxy) is 1. The van der Waals surface area contributed by atoms with Crippen LogP contribution in [0.3, 0.4) is 0 Å². The number of aromatic nitrogens is 1. The van der Waals surface area contributed by atoms with Crippen LogP contribution in [0.25, 0.3) is 10.2 Å². The van der Waals surface area contributed by atoms with Crippen LogP contribution in [0.2, 0.25) is 5.02 Å². The van der Waals surface area contributed by atoms with Gasteiger partial charge in [0.2, 0.25) is 0 Å². The number of rotatable bonds is 4. The lowest BCUT2D eigenvalue weighted by molar-refractivity contribution is -0.123. The molecule has 0 aliphatic rings. The van der Waals surface area contributed by atoms with Gasteiger partial charge in [-0.2, -0.15) is 0 Å². The molecule has 0 fully saturated rings. The minimum Gasteiger partial charge on any atom is -0.449 e. The zero-order valence-electron chi connectivity index (χ0n) is 12.7. The van der Waals surface area contributed by atoms with E-state index in [1.807, 2.05) is 0 Å². The molecule has 5 nitrogen and oxygen atoms in total. The van der Waals surface area contributed by atoms with E-state index >= 15 is 0 Å². The summed E-state index contributed by atoms with van der Waals surface area (Å²) in [6.45, 7) is 1.52. The summed E-state index contributed by atoms with van der Waals surface area (Å²) < 4.78 is 6.12. The van der Waals surface area contributed by atoms with E-state index in [0.29, 0.717) is 16.3 Å². The number of amides is 1. The van der Waals surface area contributed by atoms with Crippen molar-refractivity contribution in [1.82, 2.24) is 4.98 Å². The Morgan fingerprint density at radius 2 is 2.08 bits per heavy atom. The Bertz CT molecular complexity index is 909. The van der Waals surface area contributed by atoms with Crippen LogP contribution in [0.4, 0.5) is 5.69 Å². The third-order valence-electron chi connectivity index (χ3n) is 3.31. The fraction of sp³-hybridized carbons (Fsp3) is 0.118. The molecule has 3 aromatic rings. The quantitative estimate of drug-likeness (QED) is 0.710. The van der Waals surface area contributed by atoms with Crippen LogP contribution >= 0.6 is 22.9 Å². The van der Waals surface area contributed by atoms with Gasteiger partial charge in [0, 0.05) is 10.7 Å². The number of hydrogen-bond acceptors (Lipinski definition) is 5. The van der Waals surface area contributed by atoms with Crippen LogP contribution in [-0.2, 0) is 9.53 Å². The van der Waals surface area contributed by atoms with Crippen molar-refractivity contribution in [2.45, 2.75) is 13.0 Å². The largest absolute Gasteiger partial charge is 0.449 e. The van der Waals surface area contributed by atoms with Gasteiger partial charge in [-0.3, -0.25) is 4.79 Å². The van der Waals surface area contributed by atoms with Gasteiger partial charge >= 0.3 is 5.97 Å². The number of halogens is 1. The molecule has 1 N–H and O–H groups in total. The second-order valence-corrected chi connectivity index (χ2v) is 6.40. The summed E-state index contributed by atoms with van der Waals surface area (Å²) >= 11 is 7.31. The summed E-state index contributed by atoms with van der Waals surface area (Å²) in [5, 5.41) is 3.17. The molecule has 0 aliphatic carbocycles. The summed E-state index contributed by atoms with van der Waals surface area (Å²) in [5.41, 5.74) is 3.46. The van der Waals surface area contributed by atoms with Crippen molar-refractivity contribution in [3.8, 4) is 0 Å². The summed E-state index contributed by atoms with van der Waals surface area (Å²) in [7, 11) is 0. The molecule has 0 radical (unpaired) electrons. The zero-order chi connectivity index (χ0) is 17.1. The number of carbonyl (C=O) groups is 2. The smallest absolute Gasteiger partial charge is 0.338 e. The highest BCUT2D eigenvalue weighted by Crippen LogP contribution is 2.20. The lowest BCUT2D eigenvalue weighted by Gasteiger charge is -2.13. The standard InChI is InChI=1S/C17H13ClN2O3S/c1-10(16(21)20-13-4-2-3-12(18)8-13)23-17(22)11-5-6-14-15(7-11)24-9-19-14/h2-10H,1H3,(H,20,21)/t10-/m1/s1. The van der Waals surface area contributed by atoms with Crippen LogP contribution in [0.1, 0.15) is 17.3 Å². The van der Waals surface area contributed by atoms with E-state index < -0.39 is 18.0 Å². The highest BCUT2D eigenvalue weighted by Gasteiger charge is 2.19. The van der Waals surface area contributed by atoms with E-state index in [1.54, 1.807) is 48.0 Å². The molecule has 7 heteroatoms. The minimum absolute atomic E-state index is 0.383. The molecule has 1 amide bonds. The lowest BCUT2D eigenvalue weighted by atomic mass is 10.2. The van der Waals surface area contributed by atoms with Crippen molar-refractivity contribution in [3.63, 3.8) is 0 Å². The fourth-order valence-electron chi connectivity index (χ4n) is 2.07. The molecule has 0 spiro atoms. The first-order chi connectivity index (χ1) is 11.5. The van der Waals surface area contributed by atoms with Gasteiger partial charge in [-0.05, 0) is 43.3 Å². The summed E-state index contributed by atoms with van der Waals surface area (Å²) in [6.07, 6.45) is -0.936. The number of esters is 1. The van der Waals surface area contributed by atoms with Gasteiger partial charge in [-0.25, -0.2) is 9.78 Å². The van der Waals surface area contributed by atoms with Gasteiger partial charge < -0.3 is 10.1 Å². The zero-order valence-corrected chi connectivity index (χ0v) is 14.2. The highest BCUT2D eigenvalue weighted by molar-refractivity contribution is 7.16. The van der Waals surface area contributed by atoms with Crippen molar-refractivity contribution >= 4 is 50.7 Å². The number of nitrogens with one attached hydrogen (secondary N) is 1. The lowest BCUT2D eigenvalue weighted by Crippen LogP contribution is -2.30. The third kappa shape index (κ3) is 3.72. The van der Waals surface area contributed by atoms with Gasteiger partial charge in [0.25, 0.3) is 5.91 Å². The van der Waals surface area contributed by atoms with Crippen LogP contribution < -0.4 is 5.32 Å².